The fraction of sp³-hybridized carbons (Fsp3) is 0.167. The number of nitrogens with zero attached hydrogens (tertiary/aromatic N) is 1. The van der Waals surface area contributed by atoms with Crippen molar-refractivity contribution in [2.45, 2.75) is 6.92 Å². The second-order valence-corrected chi connectivity index (χ2v) is 9.95. The number of benzene rings is 3. The van der Waals surface area contributed by atoms with Crippen LogP contribution in [0.2, 0.25) is 5.02 Å². The van der Waals surface area contributed by atoms with Crippen molar-refractivity contribution >= 4 is 56.9 Å². The molecule has 2 heterocycles. The monoisotopic (exact) mass is 593 g/mol. The standard InChI is InChI=1S/C30H24ClNO8S/c1-5-38-21-13-16(10-11-20(21)39-29(33)17-14-22(35-2)26(37-4)23(15-17)36-3)12-19-30(34)40-28(32-19)27-25(31)18-8-6-7-9-24(18)41-27/h6-15H,5H2,1-4H3/b19-12+. The highest BCUT2D eigenvalue weighted by molar-refractivity contribution is 7.21. The number of aliphatic imine (C=N–C) groups is 1. The Hall–Kier alpha value is -4.54. The van der Waals surface area contributed by atoms with Crippen molar-refractivity contribution in [1.29, 1.82) is 0 Å². The first-order chi connectivity index (χ1) is 19.9. The van der Waals surface area contributed by atoms with Gasteiger partial charge in [-0.25, -0.2) is 14.6 Å². The summed E-state index contributed by atoms with van der Waals surface area (Å²) in [6.07, 6.45) is 1.56. The third-order valence-corrected chi connectivity index (χ3v) is 7.69. The van der Waals surface area contributed by atoms with Gasteiger partial charge in [-0.1, -0.05) is 35.9 Å². The number of carbonyl (C=O) groups excluding carboxylic acids is 2. The minimum atomic E-state index is -0.662. The Morgan fingerprint density at radius 2 is 1.71 bits per heavy atom. The van der Waals surface area contributed by atoms with Crippen molar-refractivity contribution < 1.29 is 38.0 Å². The molecule has 11 heteroatoms. The van der Waals surface area contributed by atoms with Crippen molar-refractivity contribution in [1.82, 2.24) is 0 Å². The number of hydrogen-bond acceptors (Lipinski definition) is 10. The maximum absolute atomic E-state index is 13.0. The maximum Gasteiger partial charge on any atom is 0.363 e. The van der Waals surface area contributed by atoms with Crippen molar-refractivity contribution in [3.63, 3.8) is 0 Å². The summed E-state index contributed by atoms with van der Waals surface area (Å²) >= 11 is 7.94. The van der Waals surface area contributed by atoms with Gasteiger partial charge >= 0.3 is 11.9 Å². The molecule has 0 bridgehead atoms. The fourth-order valence-electron chi connectivity index (χ4n) is 4.14. The van der Waals surface area contributed by atoms with Crippen LogP contribution in [-0.2, 0) is 9.53 Å². The second-order valence-electron chi connectivity index (χ2n) is 8.52. The van der Waals surface area contributed by atoms with Gasteiger partial charge in [0.05, 0.1) is 38.5 Å². The second kappa shape index (κ2) is 11.9. The molecule has 41 heavy (non-hydrogen) atoms. The number of ether oxygens (including phenoxy) is 6. The molecule has 1 aliphatic heterocycles. The van der Waals surface area contributed by atoms with E-state index in [0.717, 1.165) is 10.1 Å². The van der Waals surface area contributed by atoms with E-state index in [1.807, 2.05) is 24.3 Å². The number of hydrogen-bond donors (Lipinski definition) is 0. The van der Waals surface area contributed by atoms with Gasteiger partial charge in [0.2, 0.25) is 11.6 Å². The van der Waals surface area contributed by atoms with Crippen molar-refractivity contribution in [3.05, 3.63) is 81.3 Å². The topological polar surface area (TPSA) is 102 Å². The van der Waals surface area contributed by atoms with Crippen molar-refractivity contribution in [3.8, 4) is 28.7 Å². The predicted molar refractivity (Wildman–Crippen MR) is 156 cm³/mol. The molecule has 1 aliphatic rings. The highest BCUT2D eigenvalue weighted by Crippen LogP contribution is 2.40. The van der Waals surface area contributed by atoms with Gasteiger partial charge < -0.3 is 28.4 Å². The van der Waals surface area contributed by atoms with Crippen LogP contribution in [0.4, 0.5) is 0 Å². The third-order valence-electron chi connectivity index (χ3n) is 6.02. The molecule has 9 nitrogen and oxygen atoms in total. The zero-order valence-corrected chi connectivity index (χ0v) is 24.1. The zero-order chi connectivity index (χ0) is 29.1. The molecule has 3 aromatic carbocycles. The smallest absolute Gasteiger partial charge is 0.363 e. The lowest BCUT2D eigenvalue weighted by Crippen LogP contribution is -2.11. The molecule has 0 unspecified atom stereocenters. The van der Waals surface area contributed by atoms with Crippen LogP contribution in [0.1, 0.15) is 27.7 Å². The predicted octanol–water partition coefficient (Wildman–Crippen LogP) is 6.54. The molecule has 4 aromatic rings. The third kappa shape index (κ3) is 5.57. The van der Waals surface area contributed by atoms with E-state index in [9.17, 15) is 9.59 Å². The lowest BCUT2D eigenvalue weighted by Gasteiger charge is -2.15. The molecular weight excluding hydrogens is 570 g/mol. The Morgan fingerprint density at radius 1 is 0.976 bits per heavy atom. The highest BCUT2D eigenvalue weighted by atomic mass is 35.5. The number of carbonyl (C=O) groups is 2. The summed E-state index contributed by atoms with van der Waals surface area (Å²) in [5.74, 6) is 0.332. The van der Waals surface area contributed by atoms with Gasteiger partial charge in [0.1, 0.15) is 4.88 Å². The number of methoxy groups -OCH3 is 3. The van der Waals surface area contributed by atoms with Gasteiger partial charge in [-0.05, 0) is 48.9 Å². The van der Waals surface area contributed by atoms with E-state index >= 15 is 0 Å². The number of esters is 2. The number of rotatable bonds is 9. The molecule has 0 amide bonds. The summed E-state index contributed by atoms with van der Waals surface area (Å²) in [4.78, 5) is 30.7. The minimum absolute atomic E-state index is 0.0955. The molecule has 0 aliphatic carbocycles. The summed E-state index contributed by atoms with van der Waals surface area (Å²) in [7, 11) is 4.38. The molecule has 210 valence electrons. The van der Waals surface area contributed by atoms with E-state index < -0.39 is 11.9 Å². The summed E-state index contributed by atoms with van der Waals surface area (Å²) in [6, 6.07) is 15.5. The van der Waals surface area contributed by atoms with Crippen LogP contribution < -0.4 is 23.7 Å². The highest BCUT2D eigenvalue weighted by Gasteiger charge is 2.28. The summed E-state index contributed by atoms with van der Waals surface area (Å²) in [5.41, 5.74) is 0.863. The van der Waals surface area contributed by atoms with Crippen LogP contribution in [0.25, 0.3) is 16.2 Å². The van der Waals surface area contributed by atoms with Gasteiger partial charge in [-0.2, -0.15) is 0 Å². The molecule has 0 N–H and O–H groups in total. The quantitative estimate of drug-likeness (QED) is 0.122. The fourth-order valence-corrected chi connectivity index (χ4v) is 5.58. The number of cyclic esters (lactones) is 1. The van der Waals surface area contributed by atoms with Crippen LogP contribution in [0, 0.1) is 0 Å². The van der Waals surface area contributed by atoms with Gasteiger partial charge in [0.25, 0.3) is 0 Å². The Balaban J connectivity index is 1.42. The molecule has 0 atom stereocenters. The average molecular weight is 594 g/mol. The zero-order valence-electron chi connectivity index (χ0n) is 22.5. The van der Waals surface area contributed by atoms with Crippen LogP contribution >= 0.6 is 22.9 Å². The Labute approximate surface area is 244 Å². The molecular formula is C30H24ClNO8S. The summed E-state index contributed by atoms with van der Waals surface area (Å²) in [6.45, 7) is 2.11. The lowest BCUT2D eigenvalue weighted by atomic mass is 10.1. The van der Waals surface area contributed by atoms with Crippen molar-refractivity contribution in [2.24, 2.45) is 4.99 Å². The number of thiophene rings is 1. The molecule has 5 rings (SSSR count). The minimum Gasteiger partial charge on any atom is -0.493 e. The number of fused-ring (bicyclic) bond motifs is 1. The summed E-state index contributed by atoms with van der Waals surface area (Å²) in [5, 5.41) is 1.35. The van der Waals surface area contributed by atoms with E-state index in [1.54, 1.807) is 31.2 Å². The molecule has 0 spiro atoms. The molecule has 0 radical (unpaired) electrons. The van der Waals surface area contributed by atoms with Gasteiger partial charge in [0.15, 0.2) is 28.7 Å². The average Bonchev–Trinajstić information content (AvgIpc) is 3.52. The van der Waals surface area contributed by atoms with E-state index in [0.29, 0.717) is 45.1 Å². The molecule has 0 fully saturated rings. The molecule has 0 saturated carbocycles. The van der Waals surface area contributed by atoms with Crippen molar-refractivity contribution in [2.75, 3.05) is 27.9 Å². The summed E-state index contributed by atoms with van der Waals surface area (Å²) < 4.78 is 33.7. The Kier molecular flexibility index (Phi) is 8.14. The van der Waals surface area contributed by atoms with Crippen LogP contribution in [0.5, 0.6) is 28.7 Å². The molecule has 1 aromatic heterocycles. The maximum atomic E-state index is 13.0. The van der Waals surface area contributed by atoms with Gasteiger partial charge in [-0.3, -0.25) is 0 Å². The first-order valence-electron chi connectivity index (χ1n) is 12.4. The normalized spacial score (nSPS) is 13.6. The van der Waals surface area contributed by atoms with Gasteiger partial charge in [-0.15, -0.1) is 11.3 Å². The Bertz CT molecular complexity index is 1700. The van der Waals surface area contributed by atoms with E-state index in [2.05, 4.69) is 4.99 Å². The largest absolute Gasteiger partial charge is 0.493 e. The van der Waals surface area contributed by atoms with E-state index in [-0.39, 0.29) is 22.9 Å². The number of halogens is 1. The first kappa shape index (κ1) is 28.0. The van der Waals surface area contributed by atoms with Crippen LogP contribution in [0.15, 0.2) is 65.3 Å². The van der Waals surface area contributed by atoms with Crippen LogP contribution in [0.3, 0.4) is 0 Å². The molecule has 0 saturated heterocycles. The SMILES string of the molecule is CCOc1cc(/C=C2/N=C(c3sc4ccccc4c3Cl)OC2=O)ccc1OC(=O)c1cc(OC)c(OC)c(OC)c1. The van der Waals surface area contributed by atoms with Crippen LogP contribution in [-0.4, -0.2) is 45.8 Å². The van der Waals surface area contributed by atoms with Gasteiger partial charge in [0, 0.05) is 10.1 Å². The Morgan fingerprint density at radius 3 is 2.37 bits per heavy atom. The van der Waals surface area contributed by atoms with E-state index in [4.69, 9.17) is 40.0 Å². The first-order valence-corrected chi connectivity index (χ1v) is 13.5. The lowest BCUT2D eigenvalue weighted by molar-refractivity contribution is -0.129. The van der Waals surface area contributed by atoms with E-state index in [1.165, 1.54) is 44.8 Å².